The highest BCUT2D eigenvalue weighted by Crippen LogP contribution is 2.29. The van der Waals surface area contributed by atoms with Gasteiger partial charge in [-0.25, -0.2) is 4.98 Å². The molecule has 1 saturated heterocycles. The fourth-order valence-corrected chi connectivity index (χ4v) is 3.82. The third-order valence-corrected chi connectivity index (χ3v) is 5.12. The highest BCUT2D eigenvalue weighted by atomic mass is 16.2. The zero-order chi connectivity index (χ0) is 16.2. The minimum absolute atomic E-state index is 0.00946. The Kier molecular flexibility index (Phi) is 4.98. The second kappa shape index (κ2) is 7.15. The van der Waals surface area contributed by atoms with Crippen LogP contribution in [0.3, 0.4) is 0 Å². The predicted octanol–water partition coefficient (Wildman–Crippen LogP) is 1.81. The van der Waals surface area contributed by atoms with Crippen molar-refractivity contribution in [3.05, 3.63) is 18.2 Å². The van der Waals surface area contributed by atoms with Crippen LogP contribution in [0.2, 0.25) is 0 Å². The van der Waals surface area contributed by atoms with Gasteiger partial charge in [0.15, 0.2) is 5.82 Å². The van der Waals surface area contributed by atoms with Crippen LogP contribution in [0.1, 0.15) is 56.1 Å². The molecular weight excluding hydrogens is 292 g/mol. The topological polar surface area (TPSA) is 67.2 Å². The first-order valence-corrected chi connectivity index (χ1v) is 8.80. The number of rotatable bonds is 4. The Hall–Kier alpha value is -1.85. The summed E-state index contributed by atoms with van der Waals surface area (Å²) < 4.78 is 1.84. The van der Waals surface area contributed by atoms with Gasteiger partial charge in [-0.05, 0) is 19.3 Å². The zero-order valence-corrected chi connectivity index (χ0v) is 13.8. The molecule has 1 saturated carbocycles. The quantitative estimate of drug-likeness (QED) is 0.921. The average Bonchev–Trinajstić information content (AvgIpc) is 3.05. The molecule has 0 unspecified atom stereocenters. The second-order valence-corrected chi connectivity index (χ2v) is 6.58. The van der Waals surface area contributed by atoms with E-state index in [1.807, 2.05) is 17.7 Å². The van der Waals surface area contributed by atoms with Crippen LogP contribution in [0.15, 0.2) is 12.4 Å². The Morgan fingerprint density at radius 2 is 2.13 bits per heavy atom. The van der Waals surface area contributed by atoms with Crippen molar-refractivity contribution in [2.24, 2.45) is 5.92 Å². The molecule has 0 aromatic carbocycles. The van der Waals surface area contributed by atoms with E-state index < -0.39 is 0 Å². The number of aryl methyl sites for hydroxylation is 1. The van der Waals surface area contributed by atoms with E-state index in [2.05, 4.69) is 10.3 Å². The first-order chi connectivity index (χ1) is 11.2. The highest BCUT2D eigenvalue weighted by molar-refractivity contribution is 5.95. The van der Waals surface area contributed by atoms with E-state index in [4.69, 9.17) is 0 Å². The maximum atomic E-state index is 12.9. The van der Waals surface area contributed by atoms with Crippen LogP contribution in [0.5, 0.6) is 0 Å². The van der Waals surface area contributed by atoms with Crippen molar-refractivity contribution < 1.29 is 9.59 Å². The molecule has 6 nitrogen and oxygen atoms in total. The third kappa shape index (κ3) is 3.41. The molecule has 3 rings (SSSR count). The van der Waals surface area contributed by atoms with Crippen molar-refractivity contribution in [2.75, 3.05) is 13.1 Å². The van der Waals surface area contributed by atoms with Gasteiger partial charge in [-0.2, -0.15) is 0 Å². The summed E-state index contributed by atoms with van der Waals surface area (Å²) in [5.74, 6) is 0.868. The summed E-state index contributed by atoms with van der Waals surface area (Å²) in [6.07, 6.45) is 10.4. The van der Waals surface area contributed by atoms with E-state index in [-0.39, 0.29) is 17.9 Å². The van der Waals surface area contributed by atoms with Crippen molar-refractivity contribution in [1.82, 2.24) is 19.8 Å². The lowest BCUT2D eigenvalue weighted by molar-refractivity contribution is -0.128. The fourth-order valence-electron chi connectivity index (χ4n) is 3.82. The minimum Gasteiger partial charge on any atom is -0.353 e. The first-order valence-electron chi connectivity index (χ1n) is 8.80. The number of amides is 2. The van der Waals surface area contributed by atoms with Crippen molar-refractivity contribution in [3.8, 4) is 0 Å². The van der Waals surface area contributed by atoms with Gasteiger partial charge in [-0.15, -0.1) is 0 Å². The van der Waals surface area contributed by atoms with E-state index in [1.54, 1.807) is 11.1 Å². The fraction of sp³-hybridized carbons (Fsp3) is 0.706. The number of hydrogen-bond acceptors (Lipinski definition) is 3. The molecule has 0 bridgehead atoms. The van der Waals surface area contributed by atoms with Gasteiger partial charge in [-0.1, -0.05) is 32.1 Å². The van der Waals surface area contributed by atoms with Crippen LogP contribution in [0, 0.1) is 5.92 Å². The number of piperazine rings is 1. The Morgan fingerprint density at radius 1 is 1.35 bits per heavy atom. The molecule has 0 radical (unpaired) electrons. The van der Waals surface area contributed by atoms with Gasteiger partial charge in [0.25, 0.3) is 5.91 Å². The normalized spacial score (nSPS) is 22.9. The number of carbonyl (C=O) groups excluding carboxylic acids is 2. The molecule has 0 spiro atoms. The maximum Gasteiger partial charge on any atom is 0.290 e. The van der Waals surface area contributed by atoms with E-state index in [0.29, 0.717) is 31.4 Å². The number of carbonyl (C=O) groups is 2. The number of nitrogens with zero attached hydrogens (tertiary/aromatic N) is 3. The molecule has 2 aliphatic rings. The second-order valence-electron chi connectivity index (χ2n) is 6.58. The molecule has 2 fully saturated rings. The molecule has 1 atom stereocenters. The molecule has 1 aliphatic heterocycles. The first kappa shape index (κ1) is 16.0. The molecule has 2 heterocycles. The molecule has 1 aromatic rings. The van der Waals surface area contributed by atoms with Crippen LogP contribution in [0.25, 0.3) is 0 Å². The third-order valence-electron chi connectivity index (χ3n) is 5.12. The van der Waals surface area contributed by atoms with Gasteiger partial charge in [-0.3, -0.25) is 9.59 Å². The van der Waals surface area contributed by atoms with E-state index in [9.17, 15) is 9.59 Å². The van der Waals surface area contributed by atoms with Crippen molar-refractivity contribution in [2.45, 2.75) is 58.0 Å². The summed E-state index contributed by atoms with van der Waals surface area (Å²) >= 11 is 0. The highest BCUT2D eigenvalue weighted by Gasteiger charge is 2.36. The molecule has 1 aromatic heterocycles. The molecule has 23 heavy (non-hydrogen) atoms. The molecule has 1 N–H and O–H groups in total. The molecule has 6 heteroatoms. The minimum atomic E-state index is -0.346. The Balaban J connectivity index is 1.77. The Bertz CT molecular complexity index is 563. The summed E-state index contributed by atoms with van der Waals surface area (Å²) in [5, 5.41) is 2.92. The summed E-state index contributed by atoms with van der Waals surface area (Å²) in [6.45, 7) is 3.78. The van der Waals surface area contributed by atoms with Crippen LogP contribution >= 0.6 is 0 Å². The zero-order valence-electron chi connectivity index (χ0n) is 13.8. The lowest BCUT2D eigenvalue weighted by Gasteiger charge is -2.37. The van der Waals surface area contributed by atoms with Gasteiger partial charge >= 0.3 is 0 Å². The van der Waals surface area contributed by atoms with E-state index in [1.165, 1.54) is 32.1 Å². The predicted molar refractivity (Wildman–Crippen MR) is 86.9 cm³/mol. The largest absolute Gasteiger partial charge is 0.353 e. The van der Waals surface area contributed by atoms with E-state index in [0.717, 1.165) is 6.42 Å². The van der Waals surface area contributed by atoms with Crippen molar-refractivity contribution in [3.63, 3.8) is 0 Å². The van der Waals surface area contributed by atoms with Crippen molar-refractivity contribution in [1.29, 1.82) is 0 Å². The molecular formula is C17H26N4O2. The molecule has 2 amide bonds. The van der Waals surface area contributed by atoms with E-state index >= 15 is 0 Å². The maximum absolute atomic E-state index is 12.9. The van der Waals surface area contributed by atoms with Crippen LogP contribution in [-0.4, -0.2) is 45.4 Å². The van der Waals surface area contributed by atoms with Gasteiger partial charge in [0.2, 0.25) is 5.91 Å². The molecule has 126 valence electrons. The lowest BCUT2D eigenvalue weighted by Crippen LogP contribution is -2.58. The average molecular weight is 318 g/mol. The number of nitrogens with one attached hydrogen (secondary N) is 1. The van der Waals surface area contributed by atoms with Crippen LogP contribution in [-0.2, 0) is 11.3 Å². The van der Waals surface area contributed by atoms with Gasteiger partial charge < -0.3 is 14.8 Å². The number of hydrogen-bond donors (Lipinski definition) is 1. The number of aromatic nitrogens is 2. The van der Waals surface area contributed by atoms with Gasteiger partial charge in [0.1, 0.15) is 6.04 Å². The Morgan fingerprint density at radius 3 is 2.87 bits per heavy atom. The van der Waals surface area contributed by atoms with Crippen LogP contribution < -0.4 is 5.32 Å². The standard InChI is InChI=1S/C17H26N4O2/c1-2-20-10-8-18-15(20)17(23)21-11-9-19-16(22)14(21)12-13-6-4-3-5-7-13/h8,10,13-14H,2-7,9,11-12H2,1H3,(H,19,22)/t14-/m0/s1. The Labute approximate surface area is 137 Å². The lowest BCUT2D eigenvalue weighted by atomic mass is 9.84. The molecule has 1 aliphatic carbocycles. The van der Waals surface area contributed by atoms with Gasteiger partial charge in [0.05, 0.1) is 0 Å². The van der Waals surface area contributed by atoms with Gasteiger partial charge in [0, 0.05) is 32.0 Å². The summed E-state index contributed by atoms with van der Waals surface area (Å²) in [4.78, 5) is 31.2. The summed E-state index contributed by atoms with van der Waals surface area (Å²) in [5.41, 5.74) is 0. The monoisotopic (exact) mass is 318 g/mol. The van der Waals surface area contributed by atoms with Crippen LogP contribution in [0.4, 0.5) is 0 Å². The van der Waals surface area contributed by atoms with Crippen molar-refractivity contribution >= 4 is 11.8 Å². The SMILES string of the molecule is CCn1ccnc1C(=O)N1CCNC(=O)[C@@H]1CC1CCCCC1. The smallest absolute Gasteiger partial charge is 0.290 e. The summed E-state index contributed by atoms with van der Waals surface area (Å²) in [7, 11) is 0. The number of imidazole rings is 1. The summed E-state index contributed by atoms with van der Waals surface area (Å²) in [6, 6.07) is -0.346.